The third-order valence-electron chi connectivity index (χ3n) is 4.34. The summed E-state index contributed by atoms with van der Waals surface area (Å²) < 4.78 is 47.6. The second kappa shape index (κ2) is 5.69. The van der Waals surface area contributed by atoms with Crippen molar-refractivity contribution >= 4 is 18.9 Å². The Balaban J connectivity index is 2.15. The van der Waals surface area contributed by atoms with Crippen molar-refractivity contribution < 1.29 is 23.0 Å². The van der Waals surface area contributed by atoms with E-state index in [-0.39, 0.29) is 35.8 Å². The number of hydrogen-bond donors (Lipinski definition) is 1. The summed E-state index contributed by atoms with van der Waals surface area (Å²) in [4.78, 5) is 4.28. The van der Waals surface area contributed by atoms with Crippen LogP contribution in [0.4, 0.5) is 13.2 Å². The maximum Gasteiger partial charge on any atom is 0.418 e. The molecular weight excluding hydrogens is 320 g/mol. The standard InChI is InChI=1S/C16H18BF3N2O2/c1-9-21-13-6-11(24-4-3-17)5-12(16(18,19)20)14(13)22(9)10-7-15(2,23)8-10/h5-6,10,23H,3-4,7-8H2,1-2H3. The van der Waals surface area contributed by atoms with Gasteiger partial charge in [-0.25, -0.2) is 4.98 Å². The van der Waals surface area contributed by atoms with E-state index >= 15 is 0 Å². The molecule has 2 aromatic rings. The molecule has 2 radical (unpaired) electrons. The summed E-state index contributed by atoms with van der Waals surface area (Å²) in [5.74, 6) is 0.595. The fourth-order valence-electron chi connectivity index (χ4n) is 3.38. The number of nitrogens with zero attached hydrogens (tertiary/aromatic N) is 2. The van der Waals surface area contributed by atoms with Gasteiger partial charge in [0.25, 0.3) is 0 Å². The Bertz CT molecular complexity index is 763. The summed E-state index contributed by atoms with van der Waals surface area (Å²) in [6.45, 7) is 3.49. The molecule has 1 aromatic carbocycles. The molecule has 128 valence electrons. The Labute approximate surface area is 139 Å². The van der Waals surface area contributed by atoms with Gasteiger partial charge in [0.1, 0.15) is 11.6 Å². The monoisotopic (exact) mass is 338 g/mol. The average Bonchev–Trinajstić information content (AvgIpc) is 2.75. The number of fused-ring (bicyclic) bond motifs is 1. The number of aliphatic hydroxyl groups is 1. The van der Waals surface area contributed by atoms with Gasteiger partial charge in [-0.15, -0.1) is 0 Å². The van der Waals surface area contributed by atoms with Crippen molar-refractivity contribution in [2.45, 2.75) is 50.8 Å². The molecule has 1 N–H and O–H groups in total. The largest absolute Gasteiger partial charge is 0.494 e. The van der Waals surface area contributed by atoms with Crippen LogP contribution < -0.4 is 4.74 Å². The van der Waals surface area contributed by atoms with E-state index in [1.165, 1.54) is 6.07 Å². The maximum absolute atomic E-state index is 13.6. The first-order valence-electron chi connectivity index (χ1n) is 7.77. The van der Waals surface area contributed by atoms with Crippen molar-refractivity contribution in [2.24, 2.45) is 0 Å². The molecule has 0 amide bonds. The van der Waals surface area contributed by atoms with Gasteiger partial charge in [-0.1, -0.05) is 6.32 Å². The summed E-state index contributed by atoms with van der Waals surface area (Å²) in [7, 11) is 5.34. The minimum atomic E-state index is -4.53. The smallest absolute Gasteiger partial charge is 0.418 e. The van der Waals surface area contributed by atoms with Crippen molar-refractivity contribution in [1.82, 2.24) is 9.55 Å². The zero-order valence-corrected chi connectivity index (χ0v) is 13.5. The van der Waals surface area contributed by atoms with Crippen LogP contribution in [0.25, 0.3) is 11.0 Å². The molecule has 0 aliphatic heterocycles. The van der Waals surface area contributed by atoms with E-state index in [1.807, 2.05) is 0 Å². The minimum Gasteiger partial charge on any atom is -0.494 e. The predicted octanol–water partition coefficient (Wildman–Crippen LogP) is 3.42. The summed E-state index contributed by atoms with van der Waals surface area (Å²) in [5.41, 5.74) is -1.34. The Morgan fingerprint density at radius 2 is 2.08 bits per heavy atom. The molecule has 0 unspecified atom stereocenters. The lowest BCUT2D eigenvalue weighted by atomic mass is 9.77. The molecule has 1 aliphatic rings. The summed E-state index contributed by atoms with van der Waals surface area (Å²) in [6, 6.07) is 2.30. The van der Waals surface area contributed by atoms with Crippen LogP contribution in [0.5, 0.6) is 5.75 Å². The van der Waals surface area contributed by atoms with Gasteiger partial charge in [0, 0.05) is 12.1 Å². The Kier molecular flexibility index (Phi) is 4.06. The molecule has 24 heavy (non-hydrogen) atoms. The first-order valence-corrected chi connectivity index (χ1v) is 7.77. The summed E-state index contributed by atoms with van der Waals surface area (Å²) in [5, 5.41) is 9.93. The highest BCUT2D eigenvalue weighted by atomic mass is 19.4. The van der Waals surface area contributed by atoms with Crippen molar-refractivity contribution in [2.75, 3.05) is 6.61 Å². The zero-order valence-electron chi connectivity index (χ0n) is 13.5. The highest BCUT2D eigenvalue weighted by Crippen LogP contribution is 2.46. The molecule has 3 rings (SSSR count). The van der Waals surface area contributed by atoms with Gasteiger partial charge in [0.05, 0.1) is 36.7 Å². The maximum atomic E-state index is 13.6. The number of aryl methyl sites for hydroxylation is 1. The van der Waals surface area contributed by atoms with E-state index in [0.29, 0.717) is 18.7 Å². The molecule has 4 nitrogen and oxygen atoms in total. The molecule has 1 aliphatic carbocycles. The van der Waals surface area contributed by atoms with Crippen LogP contribution in [0.2, 0.25) is 6.32 Å². The van der Waals surface area contributed by atoms with Crippen LogP contribution >= 0.6 is 0 Å². The predicted molar refractivity (Wildman–Crippen MR) is 84.4 cm³/mol. The third-order valence-corrected chi connectivity index (χ3v) is 4.34. The van der Waals surface area contributed by atoms with E-state index in [4.69, 9.17) is 12.6 Å². The first-order chi connectivity index (χ1) is 11.1. The fraction of sp³-hybridized carbons (Fsp3) is 0.562. The van der Waals surface area contributed by atoms with E-state index in [9.17, 15) is 18.3 Å². The van der Waals surface area contributed by atoms with E-state index in [2.05, 4.69) is 4.98 Å². The van der Waals surface area contributed by atoms with E-state index in [1.54, 1.807) is 18.4 Å². The number of imidazole rings is 1. The van der Waals surface area contributed by atoms with Crippen LogP contribution in [0.15, 0.2) is 12.1 Å². The summed E-state index contributed by atoms with van der Waals surface area (Å²) in [6.07, 6.45) is -3.51. The van der Waals surface area contributed by atoms with Crippen molar-refractivity contribution in [1.29, 1.82) is 0 Å². The zero-order chi connectivity index (χ0) is 17.7. The van der Waals surface area contributed by atoms with Crippen LogP contribution in [-0.4, -0.2) is 34.7 Å². The van der Waals surface area contributed by atoms with Gasteiger partial charge < -0.3 is 14.4 Å². The van der Waals surface area contributed by atoms with E-state index < -0.39 is 17.3 Å². The number of alkyl halides is 3. The van der Waals surface area contributed by atoms with Gasteiger partial charge in [0.2, 0.25) is 0 Å². The number of halogens is 3. The molecule has 0 saturated heterocycles. The number of ether oxygens (including phenoxy) is 1. The minimum absolute atomic E-state index is 0.0422. The number of hydrogen-bond acceptors (Lipinski definition) is 3. The molecule has 8 heteroatoms. The Hall–Kier alpha value is -1.70. The highest BCUT2D eigenvalue weighted by Gasteiger charge is 2.43. The quantitative estimate of drug-likeness (QED) is 0.869. The normalized spacial score (nSPS) is 24.2. The average molecular weight is 338 g/mol. The van der Waals surface area contributed by atoms with Gasteiger partial charge in [-0.3, -0.25) is 0 Å². The van der Waals surface area contributed by atoms with Crippen LogP contribution in [0.1, 0.15) is 37.2 Å². The Morgan fingerprint density at radius 1 is 1.42 bits per heavy atom. The molecule has 0 bridgehead atoms. The molecule has 1 heterocycles. The molecule has 1 aromatic heterocycles. The Morgan fingerprint density at radius 3 is 2.62 bits per heavy atom. The van der Waals surface area contributed by atoms with Crippen molar-refractivity contribution in [3.8, 4) is 5.75 Å². The van der Waals surface area contributed by atoms with Crippen LogP contribution in [-0.2, 0) is 6.18 Å². The SMILES string of the molecule is [B]CCOc1cc(C(F)(F)F)c2c(c1)nc(C)n2C1CC(C)(O)C1. The number of rotatable bonds is 4. The van der Waals surface area contributed by atoms with Crippen molar-refractivity contribution in [3.05, 3.63) is 23.5 Å². The lowest BCUT2D eigenvalue weighted by Gasteiger charge is -2.42. The van der Waals surface area contributed by atoms with Gasteiger partial charge >= 0.3 is 6.18 Å². The first kappa shape index (κ1) is 17.1. The van der Waals surface area contributed by atoms with E-state index in [0.717, 1.165) is 6.07 Å². The fourth-order valence-corrected chi connectivity index (χ4v) is 3.38. The molecule has 1 saturated carbocycles. The molecular formula is C16H18BF3N2O2. The number of benzene rings is 1. The molecule has 1 fully saturated rings. The topological polar surface area (TPSA) is 47.3 Å². The second-order valence-corrected chi connectivity index (χ2v) is 6.56. The molecule has 0 atom stereocenters. The van der Waals surface area contributed by atoms with Gasteiger partial charge in [-0.05, 0) is 32.8 Å². The highest BCUT2D eigenvalue weighted by molar-refractivity contribution is 6.08. The van der Waals surface area contributed by atoms with Crippen LogP contribution in [0, 0.1) is 6.92 Å². The third kappa shape index (κ3) is 2.99. The summed E-state index contributed by atoms with van der Waals surface area (Å²) >= 11 is 0. The van der Waals surface area contributed by atoms with Crippen molar-refractivity contribution in [3.63, 3.8) is 0 Å². The molecule has 0 spiro atoms. The lowest BCUT2D eigenvalue weighted by Crippen LogP contribution is -2.42. The van der Waals surface area contributed by atoms with Crippen LogP contribution in [0.3, 0.4) is 0 Å². The second-order valence-electron chi connectivity index (χ2n) is 6.56. The van der Waals surface area contributed by atoms with Gasteiger partial charge in [0.15, 0.2) is 0 Å². The number of aromatic nitrogens is 2. The van der Waals surface area contributed by atoms with Gasteiger partial charge in [-0.2, -0.15) is 13.2 Å². The lowest BCUT2D eigenvalue weighted by molar-refractivity contribution is -0.136.